The molecular formula is C14H18IN5O4. The average Bonchev–Trinajstić information content (AvgIpc) is 3.10. The summed E-state index contributed by atoms with van der Waals surface area (Å²) in [6.45, 7) is 3.48. The van der Waals surface area contributed by atoms with Crippen molar-refractivity contribution < 1.29 is 14.6 Å². The molecular weight excluding hydrogens is 429 g/mol. The molecule has 2 aromatic heterocycles. The predicted octanol–water partition coefficient (Wildman–Crippen LogP) is 0.797. The van der Waals surface area contributed by atoms with E-state index in [1.165, 1.54) is 10.9 Å². The Morgan fingerprint density at radius 1 is 1.62 bits per heavy atom. The second-order valence-electron chi connectivity index (χ2n) is 5.99. The van der Waals surface area contributed by atoms with Gasteiger partial charge in [-0.15, -0.1) is 0 Å². The van der Waals surface area contributed by atoms with Gasteiger partial charge in [-0.1, -0.05) is 36.4 Å². The van der Waals surface area contributed by atoms with Gasteiger partial charge in [0.15, 0.2) is 17.4 Å². The lowest BCUT2D eigenvalue weighted by Crippen LogP contribution is -2.23. The number of H-pyrrole nitrogens is 1. The molecule has 2 aromatic rings. The topological polar surface area (TPSA) is 122 Å². The van der Waals surface area contributed by atoms with Gasteiger partial charge in [0.2, 0.25) is 11.9 Å². The van der Waals surface area contributed by atoms with Crippen molar-refractivity contribution in [1.29, 1.82) is 0 Å². The molecule has 9 nitrogen and oxygen atoms in total. The number of carbonyl (C=O) groups is 1. The van der Waals surface area contributed by atoms with Gasteiger partial charge < -0.3 is 9.84 Å². The summed E-state index contributed by atoms with van der Waals surface area (Å²) < 4.78 is 8.09. The summed E-state index contributed by atoms with van der Waals surface area (Å²) in [4.78, 5) is 34.8. The van der Waals surface area contributed by atoms with Crippen molar-refractivity contribution in [3.63, 3.8) is 0 Å². The highest BCUT2D eigenvalue weighted by Crippen LogP contribution is 2.31. The Morgan fingerprint density at radius 2 is 2.38 bits per heavy atom. The summed E-state index contributed by atoms with van der Waals surface area (Å²) in [5.74, 6) is -0.461. The predicted molar refractivity (Wildman–Crippen MR) is 95.0 cm³/mol. The number of anilines is 1. The number of hydrogen-bond donors (Lipinski definition) is 3. The number of halogens is 1. The number of aliphatic hydroxyl groups is 1. The smallest absolute Gasteiger partial charge is 0.280 e. The number of hydrogen-bond acceptors (Lipinski definition) is 6. The minimum atomic E-state index is -0.711. The Morgan fingerprint density at radius 3 is 3.00 bits per heavy atom. The zero-order valence-corrected chi connectivity index (χ0v) is 15.4. The Kier molecular flexibility index (Phi) is 4.88. The highest BCUT2D eigenvalue weighted by Gasteiger charge is 2.35. The molecule has 3 rings (SSSR count). The number of aromatic amines is 1. The van der Waals surface area contributed by atoms with Gasteiger partial charge in [-0.05, 0) is 0 Å². The number of nitrogens with one attached hydrogen (secondary N) is 2. The highest BCUT2D eigenvalue weighted by molar-refractivity contribution is 14.1. The van der Waals surface area contributed by atoms with E-state index in [1.807, 2.05) is 0 Å². The summed E-state index contributed by atoms with van der Waals surface area (Å²) in [5.41, 5.74) is -0.0713. The molecule has 3 heterocycles. The maximum absolute atomic E-state index is 12.2. The van der Waals surface area contributed by atoms with Crippen LogP contribution in [0.15, 0.2) is 11.1 Å². The second kappa shape index (κ2) is 6.76. The molecule has 0 spiro atoms. The third-order valence-electron chi connectivity index (χ3n) is 3.81. The second-order valence-corrected chi connectivity index (χ2v) is 6.87. The molecule has 1 fully saturated rings. The van der Waals surface area contributed by atoms with Crippen LogP contribution in [0.25, 0.3) is 11.2 Å². The molecule has 0 radical (unpaired) electrons. The number of amides is 1. The maximum Gasteiger partial charge on any atom is 0.280 e. The number of alkyl halides is 1. The van der Waals surface area contributed by atoms with E-state index in [0.29, 0.717) is 6.42 Å². The Bertz CT molecular complexity index is 817. The lowest BCUT2D eigenvalue weighted by atomic mass is 10.2. The monoisotopic (exact) mass is 447 g/mol. The van der Waals surface area contributed by atoms with Gasteiger partial charge in [-0.3, -0.25) is 24.5 Å². The first kappa shape index (κ1) is 17.3. The largest absolute Gasteiger partial charge is 0.388 e. The molecule has 0 aliphatic carbocycles. The van der Waals surface area contributed by atoms with Crippen LogP contribution in [0.2, 0.25) is 0 Å². The molecule has 1 aliphatic rings. The molecule has 1 amide bonds. The minimum Gasteiger partial charge on any atom is -0.388 e. The van der Waals surface area contributed by atoms with Crippen LogP contribution in [0.5, 0.6) is 0 Å². The van der Waals surface area contributed by atoms with Crippen molar-refractivity contribution in [3.8, 4) is 0 Å². The number of aliphatic hydroxyl groups excluding tert-OH is 1. The summed E-state index contributed by atoms with van der Waals surface area (Å²) in [7, 11) is 0. The van der Waals surface area contributed by atoms with E-state index in [-0.39, 0.29) is 35.0 Å². The zero-order valence-electron chi connectivity index (χ0n) is 13.2. The first-order chi connectivity index (χ1) is 11.4. The molecule has 130 valence electrons. The van der Waals surface area contributed by atoms with Crippen LogP contribution < -0.4 is 10.9 Å². The van der Waals surface area contributed by atoms with E-state index in [0.717, 1.165) is 4.43 Å². The summed E-state index contributed by atoms with van der Waals surface area (Å²) >= 11 is 2.20. The van der Waals surface area contributed by atoms with E-state index in [4.69, 9.17) is 4.74 Å². The van der Waals surface area contributed by atoms with Crippen LogP contribution in [0.3, 0.4) is 0 Å². The molecule has 3 N–H and O–H groups in total. The first-order valence-electron chi connectivity index (χ1n) is 7.58. The fourth-order valence-corrected chi connectivity index (χ4v) is 3.08. The van der Waals surface area contributed by atoms with Crippen molar-refractivity contribution in [2.45, 2.75) is 38.7 Å². The fraction of sp³-hybridized carbons (Fsp3) is 0.571. The first-order valence-corrected chi connectivity index (χ1v) is 9.10. The Hall–Kier alpha value is -1.53. The molecule has 0 saturated carbocycles. The molecule has 10 heteroatoms. The van der Waals surface area contributed by atoms with Crippen LogP contribution >= 0.6 is 22.6 Å². The Labute approximate surface area is 151 Å². The summed E-state index contributed by atoms with van der Waals surface area (Å²) in [6.07, 6.45) is 0.498. The fourth-order valence-electron chi connectivity index (χ4n) is 2.51. The van der Waals surface area contributed by atoms with E-state index < -0.39 is 17.9 Å². The van der Waals surface area contributed by atoms with Gasteiger partial charge in [-0.25, -0.2) is 4.98 Å². The number of fused-ring (bicyclic) bond motifs is 1. The average molecular weight is 447 g/mol. The summed E-state index contributed by atoms with van der Waals surface area (Å²) in [5, 5.41) is 12.8. The lowest BCUT2D eigenvalue weighted by Gasteiger charge is -2.16. The lowest BCUT2D eigenvalue weighted by molar-refractivity contribution is -0.118. The quantitative estimate of drug-likeness (QED) is 0.471. The van der Waals surface area contributed by atoms with Crippen molar-refractivity contribution in [1.82, 2.24) is 19.5 Å². The number of carbonyl (C=O) groups excluding carboxylic acids is 1. The summed E-state index contributed by atoms with van der Waals surface area (Å²) in [6, 6.07) is 0. The van der Waals surface area contributed by atoms with E-state index in [9.17, 15) is 14.7 Å². The number of rotatable bonds is 4. The number of imidazole rings is 1. The van der Waals surface area contributed by atoms with Crippen molar-refractivity contribution >= 4 is 45.6 Å². The molecule has 1 saturated heterocycles. The van der Waals surface area contributed by atoms with Crippen LogP contribution in [0.4, 0.5) is 5.95 Å². The minimum absolute atomic E-state index is 0.0471. The number of aromatic nitrogens is 4. The van der Waals surface area contributed by atoms with Gasteiger partial charge >= 0.3 is 0 Å². The van der Waals surface area contributed by atoms with Crippen LogP contribution in [-0.2, 0) is 9.53 Å². The number of ether oxygens (including phenoxy) is 1. The third kappa shape index (κ3) is 3.17. The van der Waals surface area contributed by atoms with Crippen molar-refractivity contribution in [3.05, 3.63) is 16.7 Å². The molecule has 0 unspecified atom stereocenters. The molecule has 0 bridgehead atoms. The standard InChI is InChI=1S/C14H18IN5O4/c1-6(2)11(22)18-14-17-10-9(12(23)19-14)16-5-20(10)13-8(21)3-7(4-15)24-13/h5-8,13,21H,3-4H2,1-2H3,(H2,17,18,19,22,23)/t7-,8+,13+/m0/s1. The third-order valence-corrected chi connectivity index (χ3v) is 4.79. The van der Waals surface area contributed by atoms with Gasteiger partial charge in [-0.2, -0.15) is 4.98 Å². The van der Waals surface area contributed by atoms with Crippen molar-refractivity contribution in [2.75, 3.05) is 9.74 Å². The SMILES string of the molecule is CC(C)C(=O)Nc1nc2c(ncn2[C@@H]2O[C@H](CI)C[C@H]2O)c(=O)[nH]1. The zero-order chi connectivity index (χ0) is 17.4. The Balaban J connectivity index is 2.00. The molecule has 3 atom stereocenters. The van der Waals surface area contributed by atoms with E-state index >= 15 is 0 Å². The maximum atomic E-state index is 12.2. The van der Waals surface area contributed by atoms with Crippen molar-refractivity contribution in [2.24, 2.45) is 5.92 Å². The van der Waals surface area contributed by atoms with E-state index in [2.05, 4.69) is 42.9 Å². The van der Waals surface area contributed by atoms with Gasteiger partial charge in [0.1, 0.15) is 6.10 Å². The van der Waals surface area contributed by atoms with Gasteiger partial charge in [0.05, 0.1) is 12.4 Å². The van der Waals surface area contributed by atoms with Gasteiger partial charge in [0.25, 0.3) is 5.56 Å². The van der Waals surface area contributed by atoms with Crippen LogP contribution in [0.1, 0.15) is 26.5 Å². The van der Waals surface area contributed by atoms with E-state index in [1.54, 1.807) is 13.8 Å². The number of nitrogens with zero attached hydrogens (tertiary/aromatic N) is 3. The molecule has 0 aromatic carbocycles. The normalized spacial score (nSPS) is 24.0. The molecule has 24 heavy (non-hydrogen) atoms. The highest BCUT2D eigenvalue weighted by atomic mass is 127. The van der Waals surface area contributed by atoms with Crippen LogP contribution in [-0.4, -0.2) is 47.2 Å². The van der Waals surface area contributed by atoms with Gasteiger partial charge in [0, 0.05) is 16.8 Å². The van der Waals surface area contributed by atoms with Crippen LogP contribution in [0, 0.1) is 5.92 Å². The molecule has 1 aliphatic heterocycles.